The molecular weight excluding hydrogens is 288 g/mol. The van der Waals surface area contributed by atoms with Crippen molar-refractivity contribution < 1.29 is 9.59 Å². The zero-order valence-corrected chi connectivity index (χ0v) is 12.8. The molecule has 112 valence electrons. The lowest BCUT2D eigenvalue weighted by atomic mass is 9.76. The molecule has 0 atom stereocenters. The van der Waals surface area contributed by atoms with Crippen molar-refractivity contribution in [2.45, 2.75) is 24.8 Å². The van der Waals surface area contributed by atoms with Crippen LogP contribution in [-0.2, 0) is 9.59 Å². The maximum atomic E-state index is 11.8. The average molecular weight is 307 g/mol. The van der Waals surface area contributed by atoms with Gasteiger partial charge in [-0.1, -0.05) is 36.4 Å². The number of likely N-dealkylation sites (N-methyl/N-ethyl adjacent to an activating group) is 1. The molecule has 1 aromatic rings. The van der Waals surface area contributed by atoms with Gasteiger partial charge < -0.3 is 10.2 Å². The van der Waals surface area contributed by atoms with Crippen LogP contribution in [-0.4, -0.2) is 36.3 Å². The third kappa shape index (κ3) is 3.85. The van der Waals surface area contributed by atoms with Crippen LogP contribution in [0.15, 0.2) is 36.9 Å². The number of halogens is 1. The summed E-state index contributed by atoms with van der Waals surface area (Å²) in [5.74, 6) is -0.000418. The highest BCUT2D eigenvalue weighted by Gasteiger charge is 2.32. The standard InChI is InChI=1S/C16H19ClN2O2/c1-3-16(21)19(2)10-15(20)18-12-8-11(9-12)13-6-4-5-7-14(13)17/h3-7,11-12H,1,8-10H2,2H3,(H,18,20). The van der Waals surface area contributed by atoms with E-state index in [1.807, 2.05) is 24.3 Å². The van der Waals surface area contributed by atoms with Gasteiger partial charge in [-0.3, -0.25) is 9.59 Å². The Labute approximate surface area is 129 Å². The Bertz CT molecular complexity index is 553. The molecule has 1 saturated carbocycles. The number of carbonyl (C=O) groups excluding carboxylic acids is 2. The minimum absolute atomic E-state index is 0.0537. The van der Waals surface area contributed by atoms with E-state index in [0.29, 0.717) is 5.92 Å². The van der Waals surface area contributed by atoms with E-state index in [4.69, 9.17) is 11.6 Å². The topological polar surface area (TPSA) is 49.4 Å². The smallest absolute Gasteiger partial charge is 0.246 e. The highest BCUT2D eigenvalue weighted by Crippen LogP contribution is 2.39. The summed E-state index contributed by atoms with van der Waals surface area (Å²) in [4.78, 5) is 24.5. The van der Waals surface area contributed by atoms with Crippen molar-refractivity contribution in [1.29, 1.82) is 0 Å². The highest BCUT2D eigenvalue weighted by atomic mass is 35.5. The highest BCUT2D eigenvalue weighted by molar-refractivity contribution is 6.31. The number of nitrogens with zero attached hydrogens (tertiary/aromatic N) is 1. The Balaban J connectivity index is 1.78. The molecule has 1 aliphatic carbocycles. The molecule has 0 saturated heterocycles. The average Bonchev–Trinajstić information content (AvgIpc) is 2.42. The summed E-state index contributed by atoms with van der Waals surface area (Å²) >= 11 is 6.16. The van der Waals surface area contributed by atoms with Crippen molar-refractivity contribution >= 4 is 23.4 Å². The van der Waals surface area contributed by atoms with Crippen LogP contribution in [0, 0.1) is 0 Å². The molecule has 0 unspecified atom stereocenters. The maximum absolute atomic E-state index is 11.8. The van der Waals surface area contributed by atoms with E-state index in [-0.39, 0.29) is 24.4 Å². The van der Waals surface area contributed by atoms with Gasteiger partial charge in [0.2, 0.25) is 11.8 Å². The first-order chi connectivity index (χ1) is 10.0. The van der Waals surface area contributed by atoms with Crippen molar-refractivity contribution in [2.75, 3.05) is 13.6 Å². The Morgan fingerprint density at radius 3 is 2.71 bits per heavy atom. The van der Waals surface area contributed by atoms with Gasteiger partial charge in [-0.25, -0.2) is 0 Å². The lowest BCUT2D eigenvalue weighted by Crippen LogP contribution is -2.47. The Morgan fingerprint density at radius 1 is 1.43 bits per heavy atom. The van der Waals surface area contributed by atoms with E-state index in [2.05, 4.69) is 11.9 Å². The fourth-order valence-electron chi connectivity index (χ4n) is 2.52. The SMILES string of the molecule is C=CC(=O)N(C)CC(=O)NC1CC(c2ccccc2Cl)C1. The molecule has 0 heterocycles. The van der Waals surface area contributed by atoms with E-state index < -0.39 is 0 Å². The monoisotopic (exact) mass is 306 g/mol. The molecule has 1 fully saturated rings. The van der Waals surface area contributed by atoms with E-state index in [0.717, 1.165) is 23.4 Å². The molecule has 1 aliphatic rings. The van der Waals surface area contributed by atoms with E-state index >= 15 is 0 Å². The molecule has 0 radical (unpaired) electrons. The zero-order valence-electron chi connectivity index (χ0n) is 12.0. The first kappa shape index (κ1) is 15.6. The van der Waals surface area contributed by atoms with Gasteiger partial charge in [-0.05, 0) is 36.5 Å². The number of hydrogen-bond donors (Lipinski definition) is 1. The second-order valence-corrected chi connectivity index (χ2v) is 5.76. The summed E-state index contributed by atoms with van der Waals surface area (Å²) in [6, 6.07) is 7.96. The van der Waals surface area contributed by atoms with E-state index in [1.54, 1.807) is 7.05 Å². The van der Waals surface area contributed by atoms with Gasteiger partial charge in [0.15, 0.2) is 0 Å². The van der Waals surface area contributed by atoms with Crippen LogP contribution in [0.2, 0.25) is 5.02 Å². The van der Waals surface area contributed by atoms with Gasteiger partial charge >= 0.3 is 0 Å². The van der Waals surface area contributed by atoms with Gasteiger partial charge in [-0.2, -0.15) is 0 Å². The molecule has 0 spiro atoms. The summed E-state index contributed by atoms with van der Waals surface area (Å²) in [7, 11) is 1.58. The summed E-state index contributed by atoms with van der Waals surface area (Å²) < 4.78 is 0. The molecule has 0 aromatic heterocycles. The maximum Gasteiger partial charge on any atom is 0.246 e. The molecule has 1 N–H and O–H groups in total. The molecule has 2 amide bonds. The van der Waals surface area contributed by atoms with Crippen molar-refractivity contribution in [3.63, 3.8) is 0 Å². The van der Waals surface area contributed by atoms with E-state index in [1.165, 1.54) is 11.0 Å². The molecule has 21 heavy (non-hydrogen) atoms. The molecule has 2 rings (SSSR count). The van der Waals surface area contributed by atoms with Crippen molar-refractivity contribution in [3.8, 4) is 0 Å². The lowest BCUT2D eigenvalue weighted by molar-refractivity contribution is -0.131. The van der Waals surface area contributed by atoms with Gasteiger partial charge in [0.25, 0.3) is 0 Å². The van der Waals surface area contributed by atoms with Crippen LogP contribution in [0.25, 0.3) is 0 Å². The zero-order chi connectivity index (χ0) is 15.4. The fourth-order valence-corrected chi connectivity index (χ4v) is 2.81. The first-order valence-corrected chi connectivity index (χ1v) is 7.30. The Morgan fingerprint density at radius 2 is 2.10 bits per heavy atom. The van der Waals surface area contributed by atoms with Gasteiger partial charge in [0.1, 0.15) is 0 Å². The number of amides is 2. The van der Waals surface area contributed by atoms with Gasteiger partial charge in [-0.15, -0.1) is 0 Å². The van der Waals surface area contributed by atoms with Crippen molar-refractivity contribution in [3.05, 3.63) is 47.5 Å². The first-order valence-electron chi connectivity index (χ1n) is 6.92. The summed E-state index contributed by atoms with van der Waals surface area (Å²) in [5, 5.41) is 3.72. The van der Waals surface area contributed by atoms with Crippen LogP contribution in [0.1, 0.15) is 24.3 Å². The van der Waals surface area contributed by atoms with Crippen LogP contribution < -0.4 is 5.32 Å². The summed E-state index contributed by atoms with van der Waals surface area (Å²) in [6.45, 7) is 3.45. The molecule has 4 nitrogen and oxygen atoms in total. The molecule has 0 aliphatic heterocycles. The minimum atomic E-state index is -0.257. The second kappa shape index (κ2) is 6.76. The predicted octanol–water partition coefficient (Wildman–Crippen LogP) is 2.35. The third-order valence-electron chi connectivity index (χ3n) is 3.78. The number of benzene rings is 1. The fraction of sp³-hybridized carbons (Fsp3) is 0.375. The number of hydrogen-bond acceptors (Lipinski definition) is 2. The quantitative estimate of drug-likeness (QED) is 0.849. The third-order valence-corrected chi connectivity index (χ3v) is 4.12. The Hall–Kier alpha value is -1.81. The lowest BCUT2D eigenvalue weighted by Gasteiger charge is -2.36. The molecule has 0 bridgehead atoms. The van der Waals surface area contributed by atoms with Crippen molar-refractivity contribution in [2.24, 2.45) is 0 Å². The van der Waals surface area contributed by atoms with Crippen LogP contribution in [0.4, 0.5) is 0 Å². The van der Waals surface area contributed by atoms with Crippen molar-refractivity contribution in [1.82, 2.24) is 10.2 Å². The summed E-state index contributed by atoms with van der Waals surface area (Å²) in [6.07, 6.45) is 2.97. The van der Waals surface area contributed by atoms with E-state index in [9.17, 15) is 9.59 Å². The molecule has 5 heteroatoms. The van der Waals surface area contributed by atoms with Gasteiger partial charge in [0, 0.05) is 18.1 Å². The molecular formula is C16H19ClN2O2. The predicted molar refractivity (Wildman–Crippen MR) is 83.2 cm³/mol. The molecule has 1 aromatic carbocycles. The largest absolute Gasteiger partial charge is 0.352 e. The van der Waals surface area contributed by atoms with Crippen LogP contribution in [0.3, 0.4) is 0 Å². The Kier molecular flexibility index (Phi) is 5.02. The normalized spacial score (nSPS) is 20.3. The number of carbonyl (C=O) groups is 2. The van der Waals surface area contributed by atoms with Crippen LogP contribution in [0.5, 0.6) is 0 Å². The van der Waals surface area contributed by atoms with Crippen LogP contribution >= 0.6 is 11.6 Å². The van der Waals surface area contributed by atoms with Gasteiger partial charge in [0.05, 0.1) is 6.54 Å². The second-order valence-electron chi connectivity index (χ2n) is 5.35. The minimum Gasteiger partial charge on any atom is -0.352 e. The number of rotatable bonds is 5. The number of nitrogens with one attached hydrogen (secondary N) is 1. The summed E-state index contributed by atoms with van der Waals surface area (Å²) in [5.41, 5.74) is 1.14.